The normalized spacial score (nSPS) is 9.81. The maximum atomic E-state index is 5.60. The van der Waals surface area contributed by atoms with E-state index < -0.39 is 0 Å². The molecule has 2 nitrogen and oxygen atoms in total. The van der Waals surface area contributed by atoms with Crippen LogP contribution in [0.15, 0.2) is 54.6 Å². The van der Waals surface area contributed by atoms with Gasteiger partial charge in [0.2, 0.25) is 0 Å². The van der Waals surface area contributed by atoms with Crippen molar-refractivity contribution in [1.82, 2.24) is 5.32 Å². The number of nitrogens with one attached hydrogen (secondary N) is 1. The van der Waals surface area contributed by atoms with Gasteiger partial charge in [-0.2, -0.15) is 0 Å². The Labute approximate surface area is 129 Å². The second-order valence-corrected chi connectivity index (χ2v) is 5.11. The van der Waals surface area contributed by atoms with Crippen LogP contribution in [0, 0.1) is 0 Å². The number of benzene rings is 2. The monoisotopic (exact) mass is 284 g/mol. The van der Waals surface area contributed by atoms with Crippen molar-refractivity contribution in [2.45, 2.75) is 39.7 Å². The molecule has 21 heavy (non-hydrogen) atoms. The number of hydrogen-bond donors (Lipinski definition) is 2. The third-order valence-corrected chi connectivity index (χ3v) is 3.19. The van der Waals surface area contributed by atoms with Gasteiger partial charge in [0.25, 0.3) is 0 Å². The molecule has 0 radical (unpaired) electrons. The molecule has 0 heterocycles. The van der Waals surface area contributed by atoms with E-state index in [1.807, 2.05) is 18.2 Å². The van der Waals surface area contributed by atoms with E-state index in [2.05, 4.69) is 55.6 Å². The molecule has 0 unspecified atom stereocenters. The second-order valence-electron chi connectivity index (χ2n) is 5.11. The van der Waals surface area contributed by atoms with E-state index in [4.69, 9.17) is 5.73 Å². The van der Waals surface area contributed by atoms with Gasteiger partial charge in [-0.15, -0.1) is 0 Å². The van der Waals surface area contributed by atoms with Crippen molar-refractivity contribution < 1.29 is 0 Å². The summed E-state index contributed by atoms with van der Waals surface area (Å²) in [5, 5.41) is 3.24. The topological polar surface area (TPSA) is 38.0 Å². The number of nitrogen functional groups attached to an aromatic ring is 1. The van der Waals surface area contributed by atoms with Crippen molar-refractivity contribution in [1.29, 1.82) is 0 Å². The van der Waals surface area contributed by atoms with Gasteiger partial charge in [-0.25, -0.2) is 0 Å². The van der Waals surface area contributed by atoms with Crippen LogP contribution < -0.4 is 11.1 Å². The van der Waals surface area contributed by atoms with Crippen LogP contribution in [-0.2, 0) is 13.0 Å². The molecular formula is C19H28N2. The highest BCUT2D eigenvalue weighted by Crippen LogP contribution is 2.05. The standard InChI is InChI=1S/C10H14.C9H14N2/c1-2-3-7-10-8-5-4-6-9-10;1-2-11-7-8-4-3-5-9(10)6-8/h4-6,8-9H,2-3,7H2,1H3;3-6,11H,2,7,10H2,1H3. The molecule has 0 fully saturated rings. The fourth-order valence-corrected chi connectivity index (χ4v) is 2.00. The van der Waals surface area contributed by atoms with E-state index in [9.17, 15) is 0 Å². The van der Waals surface area contributed by atoms with Crippen molar-refractivity contribution in [3.63, 3.8) is 0 Å². The summed E-state index contributed by atoms with van der Waals surface area (Å²) >= 11 is 0. The Balaban J connectivity index is 0.000000211. The Hall–Kier alpha value is -1.80. The van der Waals surface area contributed by atoms with Gasteiger partial charge in [0.1, 0.15) is 0 Å². The minimum absolute atomic E-state index is 0.834. The number of hydrogen-bond acceptors (Lipinski definition) is 2. The Morgan fingerprint density at radius 2 is 1.62 bits per heavy atom. The molecule has 3 N–H and O–H groups in total. The van der Waals surface area contributed by atoms with Crippen molar-refractivity contribution in [2.24, 2.45) is 0 Å². The van der Waals surface area contributed by atoms with Gasteiger partial charge in [0, 0.05) is 12.2 Å². The first-order chi connectivity index (χ1) is 10.3. The SMILES string of the molecule is CCCCc1ccccc1.CCNCc1cccc(N)c1. The molecule has 0 amide bonds. The van der Waals surface area contributed by atoms with E-state index in [1.54, 1.807) is 0 Å². The quantitative estimate of drug-likeness (QED) is 0.771. The molecule has 2 rings (SSSR count). The highest BCUT2D eigenvalue weighted by Gasteiger charge is 1.90. The fraction of sp³-hybridized carbons (Fsp3) is 0.368. The maximum absolute atomic E-state index is 5.60. The predicted molar refractivity (Wildman–Crippen MR) is 93.3 cm³/mol. The lowest BCUT2D eigenvalue weighted by molar-refractivity contribution is 0.727. The van der Waals surface area contributed by atoms with Crippen molar-refractivity contribution in [3.05, 3.63) is 65.7 Å². The molecule has 0 aliphatic rings. The van der Waals surface area contributed by atoms with Crippen LogP contribution in [0.4, 0.5) is 5.69 Å². The average Bonchev–Trinajstić information content (AvgIpc) is 2.53. The summed E-state index contributed by atoms with van der Waals surface area (Å²) < 4.78 is 0. The number of aryl methyl sites for hydroxylation is 1. The minimum atomic E-state index is 0.834. The minimum Gasteiger partial charge on any atom is -0.399 e. The summed E-state index contributed by atoms with van der Waals surface area (Å²) in [5.41, 5.74) is 9.14. The van der Waals surface area contributed by atoms with Crippen molar-refractivity contribution in [2.75, 3.05) is 12.3 Å². The second kappa shape index (κ2) is 10.9. The summed E-state index contributed by atoms with van der Waals surface area (Å²) in [4.78, 5) is 0. The third-order valence-electron chi connectivity index (χ3n) is 3.19. The first kappa shape index (κ1) is 17.3. The fourth-order valence-electron chi connectivity index (χ4n) is 2.00. The zero-order valence-electron chi connectivity index (χ0n) is 13.3. The number of rotatable bonds is 6. The summed E-state index contributed by atoms with van der Waals surface area (Å²) in [5.74, 6) is 0. The molecule has 0 aromatic heterocycles. The molecule has 2 aromatic carbocycles. The van der Waals surface area contributed by atoms with Crippen LogP contribution in [0.5, 0.6) is 0 Å². The first-order valence-electron chi connectivity index (χ1n) is 7.85. The molecule has 0 spiro atoms. The number of unbranched alkanes of at least 4 members (excludes halogenated alkanes) is 1. The third kappa shape index (κ3) is 8.16. The van der Waals surface area contributed by atoms with Crippen LogP contribution in [0.2, 0.25) is 0 Å². The smallest absolute Gasteiger partial charge is 0.0317 e. The van der Waals surface area contributed by atoms with Gasteiger partial charge < -0.3 is 11.1 Å². The summed E-state index contributed by atoms with van der Waals surface area (Å²) in [6.45, 7) is 6.21. The first-order valence-corrected chi connectivity index (χ1v) is 7.85. The Bertz CT molecular complexity index is 480. The molecular weight excluding hydrogens is 256 g/mol. The van der Waals surface area contributed by atoms with Gasteiger partial charge in [-0.3, -0.25) is 0 Å². The van der Waals surface area contributed by atoms with E-state index in [0.717, 1.165) is 18.8 Å². The highest BCUT2D eigenvalue weighted by atomic mass is 14.8. The van der Waals surface area contributed by atoms with Crippen molar-refractivity contribution in [3.8, 4) is 0 Å². The van der Waals surface area contributed by atoms with Gasteiger partial charge in [0.05, 0.1) is 0 Å². The lowest BCUT2D eigenvalue weighted by atomic mass is 10.1. The molecule has 2 aromatic rings. The zero-order valence-corrected chi connectivity index (χ0v) is 13.3. The molecule has 0 atom stereocenters. The Kier molecular flexibility index (Phi) is 8.98. The number of nitrogens with two attached hydrogens (primary N) is 1. The van der Waals surface area contributed by atoms with E-state index in [0.29, 0.717) is 0 Å². The lowest BCUT2D eigenvalue weighted by Gasteiger charge is -2.01. The van der Waals surface area contributed by atoms with Crippen LogP contribution in [-0.4, -0.2) is 6.54 Å². The lowest BCUT2D eigenvalue weighted by Crippen LogP contribution is -2.11. The molecule has 2 heteroatoms. The molecule has 0 saturated heterocycles. The van der Waals surface area contributed by atoms with Crippen LogP contribution >= 0.6 is 0 Å². The van der Waals surface area contributed by atoms with Gasteiger partial charge >= 0.3 is 0 Å². The zero-order chi connectivity index (χ0) is 15.3. The van der Waals surface area contributed by atoms with Crippen LogP contribution in [0.3, 0.4) is 0 Å². The summed E-state index contributed by atoms with van der Waals surface area (Å²) in [7, 11) is 0. The Morgan fingerprint density at radius 3 is 2.24 bits per heavy atom. The molecule has 114 valence electrons. The number of anilines is 1. The van der Waals surface area contributed by atoms with Crippen LogP contribution in [0.25, 0.3) is 0 Å². The van der Waals surface area contributed by atoms with Crippen molar-refractivity contribution >= 4 is 5.69 Å². The maximum Gasteiger partial charge on any atom is 0.0317 e. The van der Waals surface area contributed by atoms with Crippen LogP contribution in [0.1, 0.15) is 37.8 Å². The predicted octanol–water partition coefficient (Wildman–Crippen LogP) is 4.41. The van der Waals surface area contributed by atoms with Gasteiger partial charge in [0.15, 0.2) is 0 Å². The average molecular weight is 284 g/mol. The largest absolute Gasteiger partial charge is 0.399 e. The van der Waals surface area contributed by atoms with E-state index in [-0.39, 0.29) is 0 Å². The summed E-state index contributed by atoms with van der Waals surface area (Å²) in [6.07, 6.45) is 3.83. The van der Waals surface area contributed by atoms with Gasteiger partial charge in [-0.05, 0) is 42.6 Å². The van der Waals surface area contributed by atoms with E-state index >= 15 is 0 Å². The molecule has 0 saturated carbocycles. The summed E-state index contributed by atoms with van der Waals surface area (Å²) in [6, 6.07) is 18.6. The molecule has 0 bridgehead atoms. The highest BCUT2D eigenvalue weighted by molar-refractivity contribution is 5.40. The van der Waals surface area contributed by atoms with Gasteiger partial charge in [-0.1, -0.05) is 62.7 Å². The molecule has 0 aliphatic heterocycles. The Morgan fingerprint density at radius 1 is 0.905 bits per heavy atom. The van der Waals surface area contributed by atoms with E-state index in [1.165, 1.54) is 30.4 Å². The molecule has 0 aliphatic carbocycles.